The van der Waals surface area contributed by atoms with E-state index < -0.39 is 5.72 Å². The molecule has 0 fully saturated rings. The molecule has 1 aliphatic heterocycles. The highest BCUT2D eigenvalue weighted by Gasteiger charge is 2.52. The third kappa shape index (κ3) is 2.02. The van der Waals surface area contributed by atoms with Crippen LogP contribution in [0.1, 0.15) is 21.7 Å². The van der Waals surface area contributed by atoms with Crippen LogP contribution < -0.4 is 4.90 Å². The lowest BCUT2D eigenvalue weighted by Crippen LogP contribution is -2.45. The van der Waals surface area contributed by atoms with Crippen molar-refractivity contribution < 1.29 is 9.90 Å². The number of aromatic nitrogens is 2. The van der Waals surface area contributed by atoms with Crippen molar-refractivity contribution in [1.82, 2.24) is 9.97 Å². The van der Waals surface area contributed by atoms with Crippen LogP contribution in [-0.2, 0) is 5.72 Å². The summed E-state index contributed by atoms with van der Waals surface area (Å²) in [6, 6.07) is 14.5. The van der Waals surface area contributed by atoms with Crippen LogP contribution in [0.15, 0.2) is 60.9 Å². The minimum absolute atomic E-state index is 0.249. The Labute approximate surface area is 146 Å². The van der Waals surface area contributed by atoms with Crippen molar-refractivity contribution in [2.24, 2.45) is 0 Å². The lowest BCUT2D eigenvalue weighted by molar-refractivity contribution is 0.0653. The molecule has 2 N–H and O–H groups in total. The number of H-pyrrole nitrogens is 1. The highest BCUT2D eigenvalue weighted by molar-refractivity contribution is 14.1. The van der Waals surface area contributed by atoms with Crippen molar-refractivity contribution in [2.75, 3.05) is 4.90 Å². The molecule has 0 saturated heterocycles. The number of nitrogens with one attached hydrogen (secondary N) is 1. The zero-order valence-electron chi connectivity index (χ0n) is 11.9. The molecule has 6 heteroatoms. The van der Waals surface area contributed by atoms with Crippen LogP contribution in [0.3, 0.4) is 0 Å². The van der Waals surface area contributed by atoms with Crippen molar-refractivity contribution >= 4 is 34.2 Å². The number of hydrogen-bond donors (Lipinski definition) is 2. The summed E-state index contributed by atoms with van der Waals surface area (Å²) in [6.45, 7) is 0. The molecule has 0 spiro atoms. The second kappa shape index (κ2) is 5.17. The zero-order chi connectivity index (χ0) is 16.0. The molecule has 1 aromatic heterocycles. The van der Waals surface area contributed by atoms with Gasteiger partial charge in [0, 0.05) is 32.8 Å². The number of fused-ring (bicyclic) bond motifs is 1. The first-order chi connectivity index (χ1) is 11.1. The number of carbonyl (C=O) groups excluding carboxylic acids is 1. The fraction of sp³-hybridized carbons (Fsp3) is 0.0588. The van der Waals surface area contributed by atoms with E-state index in [1.165, 1.54) is 4.90 Å². The largest absolute Gasteiger partial charge is 0.360 e. The Morgan fingerprint density at radius 1 is 1.13 bits per heavy atom. The molecule has 3 aromatic rings. The van der Waals surface area contributed by atoms with E-state index in [0.717, 1.165) is 3.57 Å². The summed E-state index contributed by atoms with van der Waals surface area (Å²) in [5.41, 5.74) is -0.0294. The van der Waals surface area contributed by atoms with Crippen LogP contribution in [0.4, 0.5) is 5.69 Å². The molecular weight excluding hydrogens is 405 g/mol. The predicted octanol–water partition coefficient (Wildman–Crippen LogP) is 2.87. The summed E-state index contributed by atoms with van der Waals surface area (Å²) in [7, 11) is 0. The molecule has 0 saturated carbocycles. The first-order valence-electron chi connectivity index (χ1n) is 7.04. The average molecular weight is 417 g/mol. The van der Waals surface area contributed by atoms with Gasteiger partial charge in [0.1, 0.15) is 0 Å². The Bertz CT molecular complexity index is 877. The number of amides is 1. The number of carbonyl (C=O) groups is 1. The third-order valence-electron chi connectivity index (χ3n) is 3.97. The van der Waals surface area contributed by atoms with E-state index in [0.29, 0.717) is 22.6 Å². The normalized spacial score (nSPS) is 19.9. The molecule has 0 aliphatic carbocycles. The van der Waals surface area contributed by atoms with E-state index in [1.807, 2.05) is 24.3 Å². The van der Waals surface area contributed by atoms with Crippen LogP contribution in [0.2, 0.25) is 0 Å². The van der Waals surface area contributed by atoms with Crippen molar-refractivity contribution in [3.05, 3.63) is 81.4 Å². The number of benzene rings is 2. The lowest BCUT2D eigenvalue weighted by atomic mass is 10.0. The van der Waals surface area contributed by atoms with Gasteiger partial charge in [-0.05, 0) is 52.9 Å². The van der Waals surface area contributed by atoms with Gasteiger partial charge in [-0.15, -0.1) is 0 Å². The average Bonchev–Trinajstić information content (AvgIpc) is 3.17. The Hall–Kier alpha value is -2.19. The van der Waals surface area contributed by atoms with Gasteiger partial charge in [-0.1, -0.05) is 18.2 Å². The number of hydrogen-bond acceptors (Lipinski definition) is 3. The van der Waals surface area contributed by atoms with E-state index in [2.05, 4.69) is 32.6 Å². The number of nitrogens with zero attached hydrogens (tertiary/aromatic N) is 2. The SMILES string of the molecule is O=C1c2ccccc2[C@@](O)(c2ncc[nH]2)N1c1ccc(I)cc1. The Balaban J connectivity index is 1.98. The number of anilines is 1. The van der Waals surface area contributed by atoms with Gasteiger partial charge in [-0.25, -0.2) is 4.98 Å². The maximum atomic E-state index is 12.9. The summed E-state index contributed by atoms with van der Waals surface area (Å²) in [4.78, 5) is 21.4. The van der Waals surface area contributed by atoms with Gasteiger partial charge in [0.05, 0.1) is 0 Å². The number of halogens is 1. The standard InChI is InChI=1S/C17H12IN3O2/c18-11-5-7-12(8-6-11)21-15(22)13-3-1-2-4-14(13)17(21,23)16-19-9-10-20-16/h1-10,23H,(H,19,20)/t17-/m1/s1. The highest BCUT2D eigenvalue weighted by atomic mass is 127. The van der Waals surface area contributed by atoms with Crippen LogP contribution in [0, 0.1) is 3.57 Å². The first kappa shape index (κ1) is 14.4. The molecule has 2 heterocycles. The van der Waals surface area contributed by atoms with Gasteiger partial charge < -0.3 is 10.1 Å². The second-order valence-corrected chi connectivity index (χ2v) is 6.52. The van der Waals surface area contributed by atoms with Crippen LogP contribution in [-0.4, -0.2) is 21.0 Å². The van der Waals surface area contributed by atoms with Crippen molar-refractivity contribution in [3.63, 3.8) is 0 Å². The topological polar surface area (TPSA) is 69.2 Å². The van der Waals surface area contributed by atoms with Crippen molar-refractivity contribution in [1.29, 1.82) is 0 Å². The Morgan fingerprint density at radius 2 is 1.87 bits per heavy atom. The van der Waals surface area contributed by atoms with Gasteiger partial charge >= 0.3 is 0 Å². The number of aliphatic hydroxyl groups is 1. The monoisotopic (exact) mass is 417 g/mol. The molecule has 1 atom stereocenters. The fourth-order valence-corrected chi connectivity index (χ4v) is 3.30. The number of rotatable bonds is 2. The Morgan fingerprint density at radius 3 is 2.57 bits per heavy atom. The minimum atomic E-state index is -1.65. The molecule has 2 aromatic carbocycles. The molecule has 114 valence electrons. The van der Waals surface area contributed by atoms with Gasteiger partial charge in [0.15, 0.2) is 5.82 Å². The van der Waals surface area contributed by atoms with Gasteiger partial charge in [-0.2, -0.15) is 0 Å². The minimum Gasteiger partial charge on any atom is -0.360 e. The number of aromatic amines is 1. The molecule has 0 bridgehead atoms. The van der Waals surface area contributed by atoms with E-state index in [-0.39, 0.29) is 5.91 Å². The van der Waals surface area contributed by atoms with E-state index >= 15 is 0 Å². The molecule has 23 heavy (non-hydrogen) atoms. The van der Waals surface area contributed by atoms with E-state index in [1.54, 1.807) is 36.7 Å². The van der Waals surface area contributed by atoms with Crippen LogP contribution >= 0.6 is 22.6 Å². The molecular formula is C17H12IN3O2. The maximum Gasteiger partial charge on any atom is 0.261 e. The summed E-state index contributed by atoms with van der Waals surface area (Å²) >= 11 is 2.20. The zero-order valence-corrected chi connectivity index (χ0v) is 14.1. The summed E-state index contributed by atoms with van der Waals surface area (Å²) < 4.78 is 1.05. The predicted molar refractivity (Wildman–Crippen MR) is 94.0 cm³/mol. The van der Waals surface area contributed by atoms with Crippen molar-refractivity contribution in [2.45, 2.75) is 5.72 Å². The van der Waals surface area contributed by atoms with Crippen molar-refractivity contribution in [3.8, 4) is 0 Å². The van der Waals surface area contributed by atoms with Gasteiger partial charge in [-0.3, -0.25) is 9.69 Å². The third-order valence-corrected chi connectivity index (χ3v) is 4.69. The van der Waals surface area contributed by atoms with Crippen LogP contribution in [0.25, 0.3) is 0 Å². The van der Waals surface area contributed by atoms with E-state index in [4.69, 9.17) is 0 Å². The smallest absolute Gasteiger partial charge is 0.261 e. The van der Waals surface area contributed by atoms with E-state index in [9.17, 15) is 9.90 Å². The molecule has 1 aliphatic rings. The second-order valence-electron chi connectivity index (χ2n) is 5.27. The summed E-state index contributed by atoms with van der Waals surface area (Å²) in [5, 5.41) is 11.5. The molecule has 0 radical (unpaired) electrons. The highest BCUT2D eigenvalue weighted by Crippen LogP contribution is 2.43. The summed E-state index contributed by atoms with van der Waals surface area (Å²) in [5.74, 6) is 0.0649. The Kier molecular flexibility index (Phi) is 3.24. The van der Waals surface area contributed by atoms with Gasteiger partial charge in [0.25, 0.3) is 5.91 Å². The summed E-state index contributed by atoms with van der Waals surface area (Å²) in [6.07, 6.45) is 3.19. The molecule has 5 nitrogen and oxygen atoms in total. The lowest BCUT2D eigenvalue weighted by Gasteiger charge is -2.32. The molecule has 1 amide bonds. The molecule has 4 rings (SSSR count). The fourth-order valence-electron chi connectivity index (χ4n) is 2.95. The first-order valence-corrected chi connectivity index (χ1v) is 8.12. The maximum absolute atomic E-state index is 12.9. The number of imidazole rings is 1. The van der Waals surface area contributed by atoms with Gasteiger partial charge in [0.2, 0.25) is 5.72 Å². The van der Waals surface area contributed by atoms with Crippen LogP contribution in [0.5, 0.6) is 0 Å². The molecule has 0 unspecified atom stereocenters. The quantitative estimate of drug-likeness (QED) is 0.631.